The minimum atomic E-state index is -1.33. The summed E-state index contributed by atoms with van der Waals surface area (Å²) in [6.07, 6.45) is -2.04. The molecule has 4 aliphatic heterocycles. The minimum Gasteiger partial charge on any atom is -0.472 e. The number of methoxy groups -OCH3 is 1. The highest BCUT2D eigenvalue weighted by Gasteiger charge is 2.55. The van der Waals surface area contributed by atoms with Crippen molar-refractivity contribution in [3.8, 4) is 0 Å². The summed E-state index contributed by atoms with van der Waals surface area (Å²) in [5, 5.41) is 23.2. The van der Waals surface area contributed by atoms with Crippen LogP contribution < -0.4 is 0 Å². The molecule has 2 N–H and O–H groups in total. The van der Waals surface area contributed by atoms with Gasteiger partial charge in [-0.15, -0.1) is 0 Å². The van der Waals surface area contributed by atoms with Crippen LogP contribution in [0, 0.1) is 17.8 Å². The molecule has 4 aliphatic rings. The Bertz CT molecular complexity index is 1150. The molecule has 49 heavy (non-hydrogen) atoms. The molecule has 0 aromatic carbocycles. The van der Waals surface area contributed by atoms with Gasteiger partial charge in [-0.1, -0.05) is 20.8 Å². The van der Waals surface area contributed by atoms with Gasteiger partial charge in [0.25, 0.3) is 0 Å². The highest BCUT2D eigenvalue weighted by molar-refractivity contribution is 5.81. The van der Waals surface area contributed by atoms with E-state index in [2.05, 4.69) is 6.92 Å². The summed E-state index contributed by atoms with van der Waals surface area (Å²) in [6.45, 7) is 19.4. The first kappa shape index (κ1) is 40.4. The van der Waals surface area contributed by atoms with Crippen LogP contribution in [0.15, 0.2) is 4.99 Å². The Morgan fingerprint density at radius 3 is 2.24 bits per heavy atom. The third-order valence-electron chi connectivity index (χ3n) is 11.4. The number of esters is 1. The molecule has 4 rings (SSSR count). The van der Waals surface area contributed by atoms with E-state index in [1.54, 1.807) is 21.0 Å². The predicted octanol–water partition coefficient (Wildman–Crippen LogP) is 4.46. The Kier molecular flexibility index (Phi) is 12.9. The van der Waals surface area contributed by atoms with Gasteiger partial charge in [-0.2, -0.15) is 0 Å². The van der Waals surface area contributed by atoms with Gasteiger partial charge >= 0.3 is 5.97 Å². The Labute approximate surface area is 294 Å². The van der Waals surface area contributed by atoms with Crippen molar-refractivity contribution in [2.45, 2.75) is 186 Å². The second-order valence-corrected chi connectivity index (χ2v) is 16.5. The fraction of sp³-hybridized carbons (Fsp3) is 0.946. The van der Waals surface area contributed by atoms with Crippen molar-refractivity contribution in [1.82, 2.24) is 4.90 Å². The van der Waals surface area contributed by atoms with E-state index >= 15 is 0 Å². The Balaban J connectivity index is 1.82. The lowest BCUT2D eigenvalue weighted by atomic mass is 9.79. The van der Waals surface area contributed by atoms with Gasteiger partial charge in [0.2, 0.25) is 0 Å². The number of nitrogens with zero attached hydrogens (tertiary/aromatic N) is 2. The Hall–Kier alpha value is -1.38. The van der Waals surface area contributed by atoms with E-state index in [0.717, 1.165) is 0 Å². The van der Waals surface area contributed by atoms with Crippen molar-refractivity contribution < 1.29 is 48.2 Å². The summed E-state index contributed by atoms with van der Waals surface area (Å²) in [5.41, 5.74) is -2.73. The lowest BCUT2D eigenvalue weighted by Gasteiger charge is -2.48. The van der Waals surface area contributed by atoms with Crippen LogP contribution in [0.5, 0.6) is 0 Å². The number of hydrogen-bond acceptors (Lipinski definition) is 12. The van der Waals surface area contributed by atoms with Gasteiger partial charge in [-0.05, 0) is 75.4 Å². The molecule has 0 aliphatic carbocycles. The zero-order chi connectivity index (χ0) is 36.6. The zero-order valence-corrected chi connectivity index (χ0v) is 32.3. The van der Waals surface area contributed by atoms with Crippen molar-refractivity contribution in [2.75, 3.05) is 21.2 Å². The van der Waals surface area contributed by atoms with Crippen molar-refractivity contribution >= 4 is 11.9 Å². The van der Waals surface area contributed by atoms with Gasteiger partial charge in [0.15, 0.2) is 18.5 Å². The average molecular weight is 699 g/mol. The molecule has 12 heteroatoms. The quantitative estimate of drug-likeness (QED) is 0.365. The average Bonchev–Trinajstić information content (AvgIpc) is 3.29. The number of fused-ring (bicyclic) bond motifs is 2. The fourth-order valence-corrected chi connectivity index (χ4v) is 8.74. The Morgan fingerprint density at radius 1 is 0.959 bits per heavy atom. The van der Waals surface area contributed by atoms with Gasteiger partial charge in [-0.25, -0.2) is 0 Å². The number of aliphatic hydroxyl groups excluding tert-OH is 1. The third kappa shape index (κ3) is 9.17. The molecular formula is C37H66N2O10. The fourth-order valence-electron chi connectivity index (χ4n) is 8.74. The van der Waals surface area contributed by atoms with E-state index in [-0.39, 0.29) is 36.6 Å². The molecular weight excluding hydrogens is 632 g/mol. The Morgan fingerprint density at radius 2 is 1.63 bits per heavy atom. The van der Waals surface area contributed by atoms with Crippen LogP contribution in [0.2, 0.25) is 0 Å². The van der Waals surface area contributed by atoms with Crippen LogP contribution in [0.4, 0.5) is 0 Å². The van der Waals surface area contributed by atoms with Crippen LogP contribution in [0.1, 0.15) is 108 Å². The minimum absolute atomic E-state index is 0.0481. The first-order chi connectivity index (χ1) is 22.7. The van der Waals surface area contributed by atoms with Gasteiger partial charge in [0, 0.05) is 50.7 Å². The maximum atomic E-state index is 14.1. The number of likely N-dealkylation sites (N-methyl/N-ethyl adjacent to an activating group) is 1. The highest BCUT2D eigenvalue weighted by atomic mass is 16.7. The maximum absolute atomic E-state index is 14.1. The lowest BCUT2D eigenvalue weighted by Crippen LogP contribution is -2.59. The first-order valence-corrected chi connectivity index (χ1v) is 18.4. The molecule has 3 fully saturated rings. The summed E-state index contributed by atoms with van der Waals surface area (Å²) in [5.74, 6) is -1.24. The molecule has 4 heterocycles. The molecule has 0 amide bonds. The molecule has 3 saturated heterocycles. The van der Waals surface area contributed by atoms with Crippen LogP contribution in [-0.2, 0) is 38.0 Å². The van der Waals surface area contributed by atoms with Crippen molar-refractivity contribution in [1.29, 1.82) is 0 Å². The number of aliphatic hydroxyl groups is 2. The summed E-state index contributed by atoms with van der Waals surface area (Å²) < 4.78 is 45.2. The standard InChI is InChI=1S/C37H66N2O10/c1-14-27-36(9,42)17-21(3)38-32-20(2)16-37(10,49-32)31(48-34-29(40)26(39(11)12)15-22(4)45-34)24(6)30(25(7)33(41)46-27)47-28-19-35(8,43-13)18-23(5)44-28/h20-31,34,40,42H,14-19H2,1-13H3/t20-,21?,22-,23+,24+,25-,26+,27-,28+,29-,30+,31-,34+,35+,36+,37-/m1/s1. The molecule has 284 valence electrons. The lowest BCUT2D eigenvalue weighted by molar-refractivity contribution is -0.306. The van der Waals surface area contributed by atoms with Crippen LogP contribution in [0.25, 0.3) is 0 Å². The molecule has 0 aromatic rings. The largest absolute Gasteiger partial charge is 0.472 e. The number of aliphatic imine (C=N–C) groups is 1. The molecule has 0 radical (unpaired) electrons. The summed E-state index contributed by atoms with van der Waals surface area (Å²) in [6, 6.07) is -0.484. The molecule has 12 nitrogen and oxygen atoms in total. The van der Waals surface area contributed by atoms with E-state index in [4.69, 9.17) is 38.2 Å². The van der Waals surface area contributed by atoms with Gasteiger partial charge < -0.3 is 48.3 Å². The summed E-state index contributed by atoms with van der Waals surface area (Å²) in [4.78, 5) is 21.1. The van der Waals surface area contributed by atoms with E-state index in [0.29, 0.717) is 38.0 Å². The number of rotatable bonds is 7. The van der Waals surface area contributed by atoms with E-state index < -0.39 is 71.6 Å². The van der Waals surface area contributed by atoms with Crippen molar-refractivity contribution in [2.24, 2.45) is 22.7 Å². The zero-order valence-electron chi connectivity index (χ0n) is 32.3. The number of carbonyl (C=O) groups is 1. The molecule has 1 unspecified atom stereocenters. The molecule has 0 saturated carbocycles. The number of hydrogen-bond donors (Lipinski definition) is 2. The molecule has 0 aromatic heterocycles. The van der Waals surface area contributed by atoms with Gasteiger partial charge in [0.1, 0.15) is 29.5 Å². The van der Waals surface area contributed by atoms with Crippen LogP contribution in [0.3, 0.4) is 0 Å². The third-order valence-corrected chi connectivity index (χ3v) is 11.4. The SMILES string of the molecule is CC[C@H]1OC(=O)[C@H](C)[C@@H](O[C@H]2C[C@@](C)(OC)C[C@H](C)O2)[C@H](C)[C@@H](O[C@@H]2O[C@H](C)C[C@H](N(C)C)[C@H]2O)[C@@]2(C)C[C@@H](C)C(=NC(C)C[C@]1(C)O)O2. The van der Waals surface area contributed by atoms with Crippen molar-refractivity contribution in [3.05, 3.63) is 0 Å². The summed E-state index contributed by atoms with van der Waals surface area (Å²) >= 11 is 0. The van der Waals surface area contributed by atoms with Gasteiger partial charge in [0.05, 0.1) is 35.9 Å². The van der Waals surface area contributed by atoms with Crippen LogP contribution >= 0.6 is 0 Å². The second-order valence-electron chi connectivity index (χ2n) is 16.5. The monoisotopic (exact) mass is 698 g/mol. The normalized spacial score (nSPS) is 48.8. The topological polar surface area (TPSA) is 138 Å². The smallest absolute Gasteiger partial charge is 0.311 e. The predicted molar refractivity (Wildman–Crippen MR) is 185 cm³/mol. The first-order valence-electron chi connectivity index (χ1n) is 18.4. The molecule has 0 spiro atoms. The maximum Gasteiger partial charge on any atom is 0.311 e. The summed E-state index contributed by atoms with van der Waals surface area (Å²) in [7, 11) is 5.57. The number of ether oxygens (including phenoxy) is 7. The van der Waals surface area contributed by atoms with E-state index in [9.17, 15) is 15.0 Å². The van der Waals surface area contributed by atoms with E-state index in [1.807, 2.05) is 67.5 Å². The highest BCUT2D eigenvalue weighted by Crippen LogP contribution is 2.44. The van der Waals surface area contributed by atoms with Gasteiger partial charge in [-0.3, -0.25) is 9.79 Å². The number of cyclic esters (lactones) is 1. The number of carbonyl (C=O) groups excluding carboxylic acids is 1. The molecule has 16 atom stereocenters. The van der Waals surface area contributed by atoms with E-state index in [1.165, 1.54) is 0 Å². The molecule has 2 bridgehead atoms. The van der Waals surface area contributed by atoms with Crippen molar-refractivity contribution in [3.63, 3.8) is 0 Å². The van der Waals surface area contributed by atoms with Crippen LogP contribution in [-0.4, -0.2) is 126 Å². The second kappa shape index (κ2) is 15.7.